The van der Waals surface area contributed by atoms with Crippen LogP contribution in [0.3, 0.4) is 0 Å². The molecule has 1 rings (SSSR count). The van der Waals surface area contributed by atoms with Crippen molar-refractivity contribution < 1.29 is 4.79 Å². The van der Waals surface area contributed by atoms with Crippen molar-refractivity contribution in [2.45, 2.75) is 32.4 Å². The molecule has 3 N–H and O–H groups in total. The van der Waals surface area contributed by atoms with Crippen LogP contribution in [-0.2, 0) is 4.79 Å². The van der Waals surface area contributed by atoms with Gasteiger partial charge in [-0.2, -0.15) is 11.8 Å². The minimum Gasteiger partial charge on any atom is -0.368 e. The minimum absolute atomic E-state index is 0.210. The lowest BCUT2D eigenvalue weighted by Gasteiger charge is -2.32. The van der Waals surface area contributed by atoms with Crippen molar-refractivity contribution in [2.75, 3.05) is 11.5 Å². The first-order valence-corrected chi connectivity index (χ1v) is 5.80. The Bertz CT molecular complexity index is 208. The Morgan fingerprint density at radius 3 is 2.62 bits per heavy atom. The van der Waals surface area contributed by atoms with Crippen LogP contribution in [0.5, 0.6) is 0 Å². The second-order valence-electron chi connectivity index (χ2n) is 4.05. The van der Waals surface area contributed by atoms with Crippen molar-refractivity contribution in [3.8, 4) is 0 Å². The molecule has 76 valence electrons. The summed E-state index contributed by atoms with van der Waals surface area (Å²) in [6, 6.07) is 0.300. The van der Waals surface area contributed by atoms with Gasteiger partial charge in [0.15, 0.2) is 0 Å². The van der Waals surface area contributed by atoms with Crippen LogP contribution in [0.15, 0.2) is 0 Å². The SMILES string of the molecule is CC(C)NC1(C(N)=O)CSCC1C. The third-order valence-corrected chi connectivity index (χ3v) is 3.92. The number of thioether (sulfide) groups is 1. The van der Waals surface area contributed by atoms with Crippen LogP contribution in [0.25, 0.3) is 0 Å². The van der Waals surface area contributed by atoms with E-state index in [1.807, 2.05) is 13.8 Å². The maximum atomic E-state index is 11.4. The summed E-state index contributed by atoms with van der Waals surface area (Å²) in [5.74, 6) is 1.95. The summed E-state index contributed by atoms with van der Waals surface area (Å²) < 4.78 is 0. The summed E-state index contributed by atoms with van der Waals surface area (Å²) in [5, 5.41) is 3.31. The lowest BCUT2D eigenvalue weighted by atomic mass is 9.87. The first kappa shape index (κ1) is 10.9. The Balaban J connectivity index is 2.80. The Hall–Kier alpha value is -0.220. The fourth-order valence-electron chi connectivity index (χ4n) is 1.77. The van der Waals surface area contributed by atoms with Crippen molar-refractivity contribution in [1.82, 2.24) is 5.32 Å². The van der Waals surface area contributed by atoms with Gasteiger partial charge in [-0.15, -0.1) is 0 Å². The third kappa shape index (κ3) is 1.99. The average Bonchev–Trinajstić information content (AvgIpc) is 2.32. The van der Waals surface area contributed by atoms with E-state index in [0.29, 0.717) is 12.0 Å². The molecule has 2 atom stereocenters. The van der Waals surface area contributed by atoms with Crippen LogP contribution in [0.4, 0.5) is 0 Å². The summed E-state index contributed by atoms with van der Waals surface area (Å²) >= 11 is 1.80. The van der Waals surface area contributed by atoms with Crippen molar-refractivity contribution in [3.05, 3.63) is 0 Å². The molecule has 1 heterocycles. The monoisotopic (exact) mass is 202 g/mol. The van der Waals surface area contributed by atoms with E-state index in [1.54, 1.807) is 11.8 Å². The Labute approximate surface area is 83.8 Å². The Kier molecular flexibility index (Phi) is 3.24. The zero-order valence-electron chi connectivity index (χ0n) is 8.46. The van der Waals surface area contributed by atoms with E-state index in [9.17, 15) is 4.79 Å². The van der Waals surface area contributed by atoms with Crippen molar-refractivity contribution >= 4 is 17.7 Å². The predicted octanol–water partition coefficient (Wildman–Crippen LogP) is 0.591. The highest BCUT2D eigenvalue weighted by Gasteiger charge is 2.46. The molecule has 1 aliphatic heterocycles. The van der Waals surface area contributed by atoms with Gasteiger partial charge in [-0.3, -0.25) is 4.79 Å². The maximum absolute atomic E-state index is 11.4. The molecule has 1 saturated heterocycles. The van der Waals surface area contributed by atoms with Gasteiger partial charge >= 0.3 is 0 Å². The van der Waals surface area contributed by atoms with Gasteiger partial charge in [-0.25, -0.2) is 0 Å². The fraction of sp³-hybridized carbons (Fsp3) is 0.889. The highest BCUT2D eigenvalue weighted by Crippen LogP contribution is 2.33. The molecule has 1 amide bonds. The molecule has 0 aromatic carbocycles. The number of hydrogen-bond acceptors (Lipinski definition) is 3. The largest absolute Gasteiger partial charge is 0.368 e. The zero-order valence-corrected chi connectivity index (χ0v) is 9.28. The van der Waals surface area contributed by atoms with Crippen molar-refractivity contribution in [3.63, 3.8) is 0 Å². The molecular weight excluding hydrogens is 184 g/mol. The van der Waals surface area contributed by atoms with Gasteiger partial charge in [-0.05, 0) is 25.5 Å². The second-order valence-corrected chi connectivity index (χ2v) is 5.08. The van der Waals surface area contributed by atoms with Gasteiger partial charge in [0.05, 0.1) is 0 Å². The van der Waals surface area contributed by atoms with E-state index in [2.05, 4.69) is 12.2 Å². The van der Waals surface area contributed by atoms with Crippen LogP contribution in [-0.4, -0.2) is 29.0 Å². The first-order chi connectivity index (χ1) is 5.99. The molecule has 2 unspecified atom stereocenters. The summed E-state index contributed by atoms with van der Waals surface area (Å²) in [6.45, 7) is 6.17. The molecule has 0 radical (unpaired) electrons. The van der Waals surface area contributed by atoms with E-state index in [4.69, 9.17) is 5.73 Å². The standard InChI is InChI=1S/C9H18N2OS/c1-6(2)11-9(8(10)12)5-13-4-7(9)3/h6-7,11H,4-5H2,1-3H3,(H2,10,12). The number of nitrogens with two attached hydrogens (primary N) is 1. The topological polar surface area (TPSA) is 55.1 Å². The van der Waals surface area contributed by atoms with Crippen molar-refractivity contribution in [2.24, 2.45) is 11.7 Å². The lowest BCUT2D eigenvalue weighted by molar-refractivity contribution is -0.125. The van der Waals surface area contributed by atoms with Gasteiger partial charge in [0, 0.05) is 11.8 Å². The number of hydrogen-bond donors (Lipinski definition) is 2. The fourth-order valence-corrected chi connectivity index (χ4v) is 3.35. The van der Waals surface area contributed by atoms with Crippen LogP contribution < -0.4 is 11.1 Å². The van der Waals surface area contributed by atoms with Gasteiger partial charge < -0.3 is 11.1 Å². The number of rotatable bonds is 3. The summed E-state index contributed by atoms with van der Waals surface area (Å²) in [4.78, 5) is 11.4. The first-order valence-electron chi connectivity index (χ1n) is 4.64. The zero-order chi connectivity index (χ0) is 10.1. The van der Waals surface area contributed by atoms with E-state index >= 15 is 0 Å². The average molecular weight is 202 g/mol. The smallest absolute Gasteiger partial charge is 0.238 e. The number of carbonyl (C=O) groups excluding carboxylic acids is 1. The van der Waals surface area contributed by atoms with Crippen molar-refractivity contribution in [1.29, 1.82) is 0 Å². The van der Waals surface area contributed by atoms with Gasteiger partial charge in [-0.1, -0.05) is 6.92 Å². The molecule has 0 aromatic rings. The maximum Gasteiger partial charge on any atom is 0.238 e. The molecule has 0 aliphatic carbocycles. The molecule has 0 bridgehead atoms. The highest BCUT2D eigenvalue weighted by atomic mass is 32.2. The summed E-state index contributed by atoms with van der Waals surface area (Å²) in [7, 11) is 0. The highest BCUT2D eigenvalue weighted by molar-refractivity contribution is 7.99. The van der Waals surface area contributed by atoms with Crippen LogP contribution >= 0.6 is 11.8 Å². The molecule has 1 aliphatic rings. The predicted molar refractivity (Wildman–Crippen MR) is 56.7 cm³/mol. The Morgan fingerprint density at radius 2 is 2.31 bits per heavy atom. The molecule has 13 heavy (non-hydrogen) atoms. The molecule has 0 aromatic heterocycles. The lowest BCUT2D eigenvalue weighted by Crippen LogP contribution is -2.61. The number of primary amides is 1. The normalized spacial score (nSPS) is 34.0. The number of carbonyl (C=O) groups is 1. The second kappa shape index (κ2) is 3.88. The Morgan fingerprint density at radius 1 is 1.69 bits per heavy atom. The molecular formula is C9H18N2OS. The van der Waals surface area contributed by atoms with Crippen LogP contribution in [0, 0.1) is 5.92 Å². The van der Waals surface area contributed by atoms with Gasteiger partial charge in [0.25, 0.3) is 0 Å². The molecule has 1 fully saturated rings. The van der Waals surface area contributed by atoms with E-state index in [-0.39, 0.29) is 5.91 Å². The minimum atomic E-state index is -0.473. The third-order valence-electron chi connectivity index (χ3n) is 2.52. The molecule has 3 nitrogen and oxygen atoms in total. The van der Waals surface area contributed by atoms with Crippen LogP contribution in [0.2, 0.25) is 0 Å². The summed E-state index contributed by atoms with van der Waals surface area (Å²) in [5.41, 5.74) is 4.98. The molecule has 4 heteroatoms. The number of nitrogens with one attached hydrogen (secondary N) is 1. The number of amides is 1. The van der Waals surface area contributed by atoms with E-state index in [1.165, 1.54) is 0 Å². The molecule has 0 saturated carbocycles. The quantitative estimate of drug-likeness (QED) is 0.704. The molecule has 0 spiro atoms. The summed E-state index contributed by atoms with van der Waals surface area (Å²) in [6.07, 6.45) is 0. The van der Waals surface area contributed by atoms with Gasteiger partial charge in [0.2, 0.25) is 5.91 Å². The van der Waals surface area contributed by atoms with E-state index < -0.39 is 5.54 Å². The van der Waals surface area contributed by atoms with E-state index in [0.717, 1.165) is 11.5 Å². The van der Waals surface area contributed by atoms with Gasteiger partial charge in [0.1, 0.15) is 5.54 Å². The van der Waals surface area contributed by atoms with Crippen LogP contribution in [0.1, 0.15) is 20.8 Å².